The van der Waals surface area contributed by atoms with Gasteiger partial charge in [-0.15, -0.1) is 0 Å². The molecule has 0 radical (unpaired) electrons. The minimum absolute atomic E-state index is 0.191. The second-order valence-electron chi connectivity index (χ2n) is 5.01. The quantitative estimate of drug-likeness (QED) is 0.834. The van der Waals surface area contributed by atoms with Gasteiger partial charge in [-0.25, -0.2) is 13.1 Å². The maximum atomic E-state index is 12.2. The van der Waals surface area contributed by atoms with Gasteiger partial charge in [0, 0.05) is 12.2 Å². The highest BCUT2D eigenvalue weighted by atomic mass is 32.2. The average Bonchev–Trinajstić information content (AvgIpc) is 2.48. The lowest BCUT2D eigenvalue weighted by Crippen LogP contribution is -2.23. The molecule has 2 aromatic rings. The highest BCUT2D eigenvalue weighted by molar-refractivity contribution is 7.89. The van der Waals surface area contributed by atoms with Gasteiger partial charge in [-0.2, -0.15) is 0 Å². The van der Waals surface area contributed by atoms with Crippen LogP contribution in [0.2, 0.25) is 0 Å². The number of hydrogen-bond acceptors (Lipinski definition) is 3. The molecule has 21 heavy (non-hydrogen) atoms. The van der Waals surface area contributed by atoms with Crippen molar-refractivity contribution in [3.05, 3.63) is 59.2 Å². The van der Waals surface area contributed by atoms with Crippen LogP contribution in [0.15, 0.2) is 47.4 Å². The molecule has 0 fully saturated rings. The van der Waals surface area contributed by atoms with Crippen LogP contribution in [0, 0.1) is 6.92 Å². The highest BCUT2D eigenvalue weighted by Gasteiger charge is 2.14. The van der Waals surface area contributed by atoms with Crippen LogP contribution < -0.4 is 10.5 Å². The first-order valence-corrected chi connectivity index (χ1v) is 8.34. The molecule has 3 N–H and O–H groups in total. The van der Waals surface area contributed by atoms with Crippen LogP contribution in [0.1, 0.15) is 23.6 Å². The molecule has 0 saturated heterocycles. The van der Waals surface area contributed by atoms with Crippen LogP contribution in [0.4, 0.5) is 5.69 Å². The van der Waals surface area contributed by atoms with Crippen LogP contribution >= 0.6 is 0 Å². The van der Waals surface area contributed by atoms with E-state index < -0.39 is 10.0 Å². The summed E-state index contributed by atoms with van der Waals surface area (Å²) < 4.78 is 27.0. The fourth-order valence-electron chi connectivity index (χ4n) is 1.94. The van der Waals surface area contributed by atoms with Crippen molar-refractivity contribution in [3.8, 4) is 0 Å². The predicted octanol–water partition coefficient (Wildman–Crippen LogP) is 2.62. The van der Waals surface area contributed by atoms with Gasteiger partial charge in [0.15, 0.2) is 0 Å². The predicted molar refractivity (Wildman–Crippen MR) is 85.4 cm³/mol. The molecule has 0 amide bonds. The van der Waals surface area contributed by atoms with Crippen molar-refractivity contribution >= 4 is 15.7 Å². The Hall–Kier alpha value is -1.85. The number of anilines is 1. The normalized spacial score (nSPS) is 11.5. The summed E-state index contributed by atoms with van der Waals surface area (Å²) in [6.45, 7) is 4.19. The van der Waals surface area contributed by atoms with Gasteiger partial charge >= 0.3 is 0 Å². The largest absolute Gasteiger partial charge is 0.398 e. The third-order valence-corrected chi connectivity index (χ3v) is 4.86. The Morgan fingerprint density at radius 1 is 1.05 bits per heavy atom. The van der Waals surface area contributed by atoms with Crippen LogP contribution in [0.3, 0.4) is 0 Å². The summed E-state index contributed by atoms with van der Waals surface area (Å²) in [5, 5.41) is 0. The van der Waals surface area contributed by atoms with E-state index in [9.17, 15) is 8.42 Å². The van der Waals surface area contributed by atoms with E-state index in [0.29, 0.717) is 5.69 Å². The maximum absolute atomic E-state index is 12.2. The van der Waals surface area contributed by atoms with Crippen LogP contribution in [0.25, 0.3) is 0 Å². The Bertz CT molecular complexity index is 722. The van der Waals surface area contributed by atoms with E-state index in [2.05, 4.69) is 11.6 Å². The first-order valence-electron chi connectivity index (χ1n) is 6.86. The number of sulfonamides is 1. The number of hydrogen-bond donors (Lipinski definition) is 2. The summed E-state index contributed by atoms with van der Waals surface area (Å²) in [5.41, 5.74) is 9.26. The summed E-state index contributed by atoms with van der Waals surface area (Å²) >= 11 is 0. The van der Waals surface area contributed by atoms with Gasteiger partial charge in [0.25, 0.3) is 0 Å². The van der Waals surface area contributed by atoms with Crippen molar-refractivity contribution in [2.75, 3.05) is 5.73 Å². The second-order valence-corrected chi connectivity index (χ2v) is 6.78. The van der Waals surface area contributed by atoms with Gasteiger partial charge in [0.1, 0.15) is 0 Å². The molecule has 2 rings (SSSR count). The summed E-state index contributed by atoms with van der Waals surface area (Å²) in [7, 11) is -3.54. The lowest BCUT2D eigenvalue weighted by atomic mass is 10.1. The molecule has 4 nitrogen and oxygen atoms in total. The topological polar surface area (TPSA) is 72.2 Å². The minimum atomic E-state index is -3.54. The van der Waals surface area contributed by atoms with Gasteiger partial charge in [-0.05, 0) is 42.2 Å². The van der Waals surface area contributed by atoms with Gasteiger partial charge in [-0.1, -0.05) is 37.3 Å². The molecule has 0 aromatic heterocycles. The molecule has 5 heteroatoms. The third kappa shape index (κ3) is 3.83. The van der Waals surface area contributed by atoms with Crippen molar-refractivity contribution in [2.45, 2.75) is 31.7 Å². The first-order chi connectivity index (χ1) is 9.92. The Morgan fingerprint density at radius 3 is 2.24 bits per heavy atom. The molecule has 0 heterocycles. The average molecular weight is 304 g/mol. The highest BCUT2D eigenvalue weighted by Crippen LogP contribution is 2.17. The number of aryl methyl sites for hydroxylation is 2. The minimum Gasteiger partial charge on any atom is -0.398 e. The van der Waals surface area contributed by atoms with Crippen molar-refractivity contribution in [1.29, 1.82) is 0 Å². The van der Waals surface area contributed by atoms with Crippen LogP contribution in [-0.4, -0.2) is 8.42 Å². The fourth-order valence-corrected chi connectivity index (χ4v) is 2.99. The summed E-state index contributed by atoms with van der Waals surface area (Å²) in [4.78, 5) is 0.191. The molecule has 2 aromatic carbocycles. The fraction of sp³-hybridized carbons (Fsp3) is 0.250. The summed E-state index contributed by atoms with van der Waals surface area (Å²) in [6.07, 6.45) is 0.967. The van der Waals surface area contributed by atoms with Gasteiger partial charge in [0.05, 0.1) is 4.90 Å². The Balaban J connectivity index is 2.11. The second kappa shape index (κ2) is 6.28. The third-order valence-electron chi connectivity index (χ3n) is 3.46. The van der Waals surface area contributed by atoms with E-state index in [1.165, 1.54) is 11.6 Å². The maximum Gasteiger partial charge on any atom is 0.240 e. The number of benzene rings is 2. The monoisotopic (exact) mass is 304 g/mol. The molecular weight excluding hydrogens is 284 g/mol. The molecule has 0 atom stereocenters. The lowest BCUT2D eigenvalue weighted by Gasteiger charge is -2.09. The van der Waals surface area contributed by atoms with Crippen LogP contribution in [0.5, 0.6) is 0 Å². The number of rotatable bonds is 5. The molecule has 0 spiro atoms. The standard InChI is InChI=1S/C16H20N2O2S/c1-3-13-5-7-14(8-6-13)11-18-21(19,20)15-9-4-12(2)16(17)10-15/h4-10,18H,3,11,17H2,1-2H3. The van der Waals surface area contributed by atoms with Gasteiger partial charge in [-0.3, -0.25) is 0 Å². The zero-order valence-corrected chi connectivity index (χ0v) is 13.1. The molecule has 0 unspecified atom stereocenters. The first kappa shape index (κ1) is 15.5. The summed E-state index contributed by atoms with van der Waals surface area (Å²) in [6, 6.07) is 12.6. The molecule has 112 valence electrons. The van der Waals surface area contributed by atoms with Crippen molar-refractivity contribution < 1.29 is 8.42 Å². The lowest BCUT2D eigenvalue weighted by molar-refractivity contribution is 0.581. The van der Waals surface area contributed by atoms with Crippen molar-refractivity contribution in [2.24, 2.45) is 0 Å². The zero-order valence-electron chi connectivity index (χ0n) is 12.3. The number of nitrogens with one attached hydrogen (secondary N) is 1. The Morgan fingerprint density at radius 2 is 1.67 bits per heavy atom. The van der Waals surface area contributed by atoms with E-state index in [1.807, 2.05) is 31.2 Å². The number of nitrogens with two attached hydrogens (primary N) is 1. The van der Waals surface area contributed by atoms with Crippen molar-refractivity contribution in [3.63, 3.8) is 0 Å². The molecule has 0 aliphatic heterocycles. The Kier molecular flexibility index (Phi) is 4.65. The van der Waals surface area contributed by atoms with E-state index in [1.54, 1.807) is 12.1 Å². The van der Waals surface area contributed by atoms with Gasteiger partial charge in [0.2, 0.25) is 10.0 Å². The molecule has 0 bridgehead atoms. The van der Waals surface area contributed by atoms with E-state index in [-0.39, 0.29) is 11.4 Å². The molecule has 0 aliphatic rings. The molecule has 0 aliphatic carbocycles. The SMILES string of the molecule is CCc1ccc(CNS(=O)(=O)c2ccc(C)c(N)c2)cc1. The van der Waals surface area contributed by atoms with E-state index >= 15 is 0 Å². The molecule has 0 saturated carbocycles. The van der Waals surface area contributed by atoms with E-state index in [4.69, 9.17) is 5.73 Å². The van der Waals surface area contributed by atoms with Gasteiger partial charge < -0.3 is 5.73 Å². The molecular formula is C16H20N2O2S. The summed E-state index contributed by atoms with van der Waals surface area (Å²) in [5.74, 6) is 0. The van der Waals surface area contributed by atoms with Crippen LogP contribution in [-0.2, 0) is 23.0 Å². The smallest absolute Gasteiger partial charge is 0.240 e. The zero-order chi connectivity index (χ0) is 15.5. The van der Waals surface area contributed by atoms with Crippen molar-refractivity contribution in [1.82, 2.24) is 4.72 Å². The number of nitrogen functional groups attached to an aromatic ring is 1. The van der Waals surface area contributed by atoms with E-state index in [0.717, 1.165) is 17.5 Å². The Labute approximate surface area is 126 Å².